The van der Waals surface area contributed by atoms with Gasteiger partial charge in [0, 0.05) is 5.02 Å². The molecule has 0 spiro atoms. The van der Waals surface area contributed by atoms with Crippen LogP contribution >= 0.6 is 24.0 Å². The molecule has 0 saturated heterocycles. The molecule has 0 aliphatic heterocycles. The lowest BCUT2D eigenvalue weighted by molar-refractivity contribution is 0.478. The Morgan fingerprint density at radius 3 is 2.89 bits per heavy atom. The van der Waals surface area contributed by atoms with Crippen LogP contribution < -0.4 is 5.32 Å². The molecular formula is C11H9Cl2N5O. The van der Waals surface area contributed by atoms with E-state index in [1.807, 2.05) is 0 Å². The quantitative estimate of drug-likeness (QED) is 0.633. The molecule has 0 amide bonds. The Labute approximate surface area is 119 Å². The van der Waals surface area contributed by atoms with E-state index in [0.717, 1.165) is 0 Å². The average molecular weight is 298 g/mol. The highest BCUT2D eigenvalue weighted by Crippen LogP contribution is 2.30. The molecule has 2 heterocycles. The van der Waals surface area contributed by atoms with Crippen molar-refractivity contribution >= 4 is 46.7 Å². The standard InChI is InChI=1S/C11H8ClN5O.ClH/c12-6-1-2-8(18)7(3-6)17-11-9-10(14-4-13-9)15-5-16-11;/h1-5,18H,(H2,13,14,15,16,17);1H. The van der Waals surface area contributed by atoms with Gasteiger partial charge in [0.2, 0.25) is 0 Å². The number of fused-ring (bicyclic) bond motifs is 1. The van der Waals surface area contributed by atoms with Gasteiger partial charge in [-0.25, -0.2) is 15.0 Å². The lowest BCUT2D eigenvalue weighted by Crippen LogP contribution is -1.96. The fraction of sp³-hybridized carbons (Fsp3) is 0. The molecule has 98 valence electrons. The topological polar surface area (TPSA) is 86.7 Å². The molecule has 3 rings (SSSR count). The Kier molecular flexibility index (Phi) is 3.73. The normalized spacial score (nSPS) is 10.2. The first-order valence-corrected chi connectivity index (χ1v) is 5.51. The van der Waals surface area contributed by atoms with E-state index in [9.17, 15) is 5.11 Å². The van der Waals surface area contributed by atoms with Gasteiger partial charge in [0.1, 0.15) is 17.6 Å². The Hall–Kier alpha value is -2.05. The third-order valence-corrected chi connectivity index (χ3v) is 2.67. The van der Waals surface area contributed by atoms with Crippen LogP contribution in [0.5, 0.6) is 5.75 Å². The van der Waals surface area contributed by atoms with E-state index in [1.165, 1.54) is 18.7 Å². The van der Waals surface area contributed by atoms with Crippen LogP contribution in [0.2, 0.25) is 5.02 Å². The lowest BCUT2D eigenvalue weighted by atomic mass is 10.3. The monoisotopic (exact) mass is 297 g/mol. The minimum Gasteiger partial charge on any atom is -0.506 e. The molecule has 0 radical (unpaired) electrons. The van der Waals surface area contributed by atoms with E-state index in [4.69, 9.17) is 11.6 Å². The molecule has 1 aromatic carbocycles. The number of hydrogen-bond acceptors (Lipinski definition) is 5. The van der Waals surface area contributed by atoms with Crippen molar-refractivity contribution in [1.82, 2.24) is 19.9 Å². The molecule has 2 aromatic heterocycles. The Balaban J connectivity index is 0.00000133. The highest BCUT2D eigenvalue weighted by atomic mass is 35.5. The summed E-state index contributed by atoms with van der Waals surface area (Å²) in [6.07, 6.45) is 2.93. The van der Waals surface area contributed by atoms with Crippen LogP contribution in [-0.2, 0) is 0 Å². The second-order valence-corrected chi connectivity index (χ2v) is 4.05. The summed E-state index contributed by atoms with van der Waals surface area (Å²) in [4.78, 5) is 15.1. The fourth-order valence-corrected chi connectivity index (χ4v) is 1.77. The maximum absolute atomic E-state index is 9.73. The van der Waals surface area contributed by atoms with Crippen molar-refractivity contribution in [2.45, 2.75) is 0 Å². The van der Waals surface area contributed by atoms with Gasteiger partial charge in [0.15, 0.2) is 11.5 Å². The molecule has 0 aliphatic carbocycles. The van der Waals surface area contributed by atoms with E-state index >= 15 is 0 Å². The molecule has 0 unspecified atom stereocenters. The Morgan fingerprint density at radius 1 is 1.21 bits per heavy atom. The number of aromatic amines is 1. The molecule has 3 N–H and O–H groups in total. The zero-order valence-corrected chi connectivity index (χ0v) is 11.0. The average Bonchev–Trinajstić information content (AvgIpc) is 2.83. The van der Waals surface area contributed by atoms with Gasteiger partial charge in [0.05, 0.1) is 12.0 Å². The van der Waals surface area contributed by atoms with Gasteiger partial charge in [-0.3, -0.25) is 0 Å². The number of hydrogen-bond donors (Lipinski definition) is 3. The third-order valence-electron chi connectivity index (χ3n) is 2.43. The zero-order valence-electron chi connectivity index (χ0n) is 9.46. The number of rotatable bonds is 2. The molecule has 3 aromatic rings. The van der Waals surface area contributed by atoms with Gasteiger partial charge >= 0.3 is 0 Å². The van der Waals surface area contributed by atoms with Crippen LogP contribution in [-0.4, -0.2) is 25.0 Å². The number of benzene rings is 1. The van der Waals surface area contributed by atoms with E-state index in [-0.39, 0.29) is 18.2 Å². The van der Waals surface area contributed by atoms with Crippen LogP contribution in [0.25, 0.3) is 11.2 Å². The predicted molar refractivity (Wildman–Crippen MR) is 75.3 cm³/mol. The Bertz CT molecular complexity index is 715. The van der Waals surface area contributed by atoms with Crippen LogP contribution in [0, 0.1) is 0 Å². The smallest absolute Gasteiger partial charge is 0.182 e. The fourth-order valence-electron chi connectivity index (χ4n) is 1.60. The molecule has 8 heteroatoms. The molecule has 0 aliphatic rings. The van der Waals surface area contributed by atoms with Crippen molar-refractivity contribution in [3.63, 3.8) is 0 Å². The first kappa shape index (κ1) is 13.4. The van der Waals surface area contributed by atoms with Crippen molar-refractivity contribution < 1.29 is 5.11 Å². The van der Waals surface area contributed by atoms with Crippen molar-refractivity contribution in [1.29, 1.82) is 0 Å². The number of nitrogens with zero attached hydrogens (tertiary/aromatic N) is 3. The first-order valence-electron chi connectivity index (χ1n) is 5.13. The number of halogens is 2. The summed E-state index contributed by atoms with van der Waals surface area (Å²) >= 11 is 5.88. The predicted octanol–water partition coefficient (Wildman–Crippen LogP) is 2.88. The summed E-state index contributed by atoms with van der Waals surface area (Å²) in [6, 6.07) is 4.73. The molecule has 0 saturated carbocycles. The van der Waals surface area contributed by atoms with Crippen molar-refractivity contribution in [2.75, 3.05) is 5.32 Å². The molecule has 0 fully saturated rings. The van der Waals surface area contributed by atoms with Gasteiger partial charge in [-0.2, -0.15) is 0 Å². The maximum Gasteiger partial charge on any atom is 0.182 e. The van der Waals surface area contributed by atoms with Gasteiger partial charge < -0.3 is 15.4 Å². The molecule has 0 bridgehead atoms. The summed E-state index contributed by atoms with van der Waals surface area (Å²) in [5.74, 6) is 0.612. The van der Waals surface area contributed by atoms with Crippen LogP contribution in [0.1, 0.15) is 0 Å². The summed E-state index contributed by atoms with van der Waals surface area (Å²) in [5.41, 5.74) is 1.68. The van der Waals surface area contributed by atoms with Gasteiger partial charge in [-0.05, 0) is 18.2 Å². The highest BCUT2D eigenvalue weighted by Gasteiger charge is 2.08. The number of H-pyrrole nitrogens is 1. The second kappa shape index (κ2) is 5.29. The maximum atomic E-state index is 9.73. The van der Waals surface area contributed by atoms with Crippen LogP contribution in [0.3, 0.4) is 0 Å². The number of nitrogens with one attached hydrogen (secondary N) is 2. The SMILES string of the molecule is Cl.Oc1ccc(Cl)cc1Nc1ncnc2nc[nH]c12. The molecular weight excluding hydrogens is 289 g/mol. The summed E-state index contributed by atoms with van der Waals surface area (Å²) in [5, 5.41) is 13.2. The number of anilines is 2. The van der Waals surface area contributed by atoms with E-state index < -0.39 is 0 Å². The molecule has 0 atom stereocenters. The van der Waals surface area contributed by atoms with Crippen molar-refractivity contribution in [3.05, 3.63) is 35.9 Å². The van der Waals surface area contributed by atoms with E-state index in [1.54, 1.807) is 12.1 Å². The second-order valence-electron chi connectivity index (χ2n) is 3.61. The van der Waals surface area contributed by atoms with Crippen molar-refractivity contribution in [2.24, 2.45) is 0 Å². The lowest BCUT2D eigenvalue weighted by Gasteiger charge is -2.08. The number of aromatic nitrogens is 4. The van der Waals surface area contributed by atoms with Gasteiger partial charge in [-0.1, -0.05) is 11.6 Å². The zero-order chi connectivity index (χ0) is 12.5. The number of imidazole rings is 1. The highest BCUT2D eigenvalue weighted by molar-refractivity contribution is 6.31. The summed E-state index contributed by atoms with van der Waals surface area (Å²) < 4.78 is 0. The first-order chi connectivity index (χ1) is 8.74. The minimum atomic E-state index is 0. The van der Waals surface area contributed by atoms with Crippen molar-refractivity contribution in [3.8, 4) is 5.75 Å². The summed E-state index contributed by atoms with van der Waals surface area (Å²) in [6.45, 7) is 0. The van der Waals surface area contributed by atoms with E-state index in [2.05, 4.69) is 25.3 Å². The Morgan fingerprint density at radius 2 is 2.05 bits per heavy atom. The van der Waals surface area contributed by atoms with Crippen LogP contribution in [0.4, 0.5) is 11.5 Å². The van der Waals surface area contributed by atoms with Gasteiger partial charge in [-0.15, -0.1) is 12.4 Å². The number of phenolic OH excluding ortho intramolecular Hbond substituents is 1. The number of aromatic hydroxyl groups is 1. The third kappa shape index (κ3) is 2.54. The number of phenols is 1. The summed E-state index contributed by atoms with van der Waals surface area (Å²) in [7, 11) is 0. The minimum absolute atomic E-state index is 0. The van der Waals surface area contributed by atoms with Crippen LogP contribution in [0.15, 0.2) is 30.9 Å². The molecule has 19 heavy (non-hydrogen) atoms. The van der Waals surface area contributed by atoms with E-state index in [0.29, 0.717) is 27.7 Å². The molecule has 6 nitrogen and oxygen atoms in total. The van der Waals surface area contributed by atoms with Gasteiger partial charge in [0.25, 0.3) is 0 Å². The largest absolute Gasteiger partial charge is 0.506 e.